The van der Waals surface area contributed by atoms with Gasteiger partial charge in [-0.2, -0.15) is 0 Å². The quantitative estimate of drug-likeness (QED) is 0.881. The number of benzene rings is 1. The number of para-hydroxylation sites is 2. The van der Waals surface area contributed by atoms with Crippen molar-refractivity contribution in [2.24, 2.45) is 5.92 Å². The maximum absolute atomic E-state index is 4.70. The fraction of sp³-hybridized carbons (Fsp3) is 0.562. The number of halogens is 2. The first kappa shape index (κ1) is 17.5. The number of aromatic nitrogens is 2. The van der Waals surface area contributed by atoms with Crippen molar-refractivity contribution >= 4 is 35.8 Å². The van der Waals surface area contributed by atoms with E-state index in [-0.39, 0.29) is 24.8 Å². The van der Waals surface area contributed by atoms with Crippen LogP contribution in [0.15, 0.2) is 24.3 Å². The van der Waals surface area contributed by atoms with Crippen LogP contribution >= 0.6 is 24.8 Å². The largest absolute Gasteiger partial charge is 0.341 e. The first-order valence-corrected chi connectivity index (χ1v) is 7.78. The molecule has 0 radical (unpaired) electrons. The molecule has 2 aromatic rings. The second kappa shape index (κ2) is 7.64. The number of fused-ring (bicyclic) bond motifs is 2. The molecule has 0 amide bonds. The van der Waals surface area contributed by atoms with Gasteiger partial charge in [-0.3, -0.25) is 4.90 Å². The topological polar surface area (TPSA) is 44.0 Å². The van der Waals surface area contributed by atoms with Gasteiger partial charge in [0.25, 0.3) is 0 Å². The number of hydrogen-bond acceptors (Lipinski definition) is 3. The molecule has 0 spiro atoms. The van der Waals surface area contributed by atoms with Crippen LogP contribution in [0.25, 0.3) is 11.0 Å². The summed E-state index contributed by atoms with van der Waals surface area (Å²) < 4.78 is 0. The monoisotopic (exact) mass is 342 g/mol. The van der Waals surface area contributed by atoms with Crippen molar-refractivity contribution in [3.8, 4) is 0 Å². The van der Waals surface area contributed by atoms with Gasteiger partial charge in [-0.25, -0.2) is 4.98 Å². The Morgan fingerprint density at radius 1 is 1.18 bits per heavy atom. The van der Waals surface area contributed by atoms with Gasteiger partial charge in [-0.05, 0) is 43.9 Å². The molecule has 4 rings (SSSR count). The molecule has 6 heteroatoms. The van der Waals surface area contributed by atoms with Crippen LogP contribution in [-0.2, 0) is 6.54 Å². The van der Waals surface area contributed by atoms with Crippen LogP contribution < -0.4 is 5.32 Å². The number of H-pyrrole nitrogens is 1. The van der Waals surface area contributed by atoms with Crippen LogP contribution in [0, 0.1) is 5.92 Å². The van der Waals surface area contributed by atoms with Crippen molar-refractivity contribution in [3.63, 3.8) is 0 Å². The van der Waals surface area contributed by atoms with Gasteiger partial charge in [0, 0.05) is 19.1 Å². The molecule has 2 aliphatic rings. The summed E-state index contributed by atoms with van der Waals surface area (Å²) in [5.41, 5.74) is 2.23. The van der Waals surface area contributed by atoms with E-state index in [4.69, 9.17) is 4.98 Å². The molecule has 3 heterocycles. The van der Waals surface area contributed by atoms with Gasteiger partial charge in [0.1, 0.15) is 5.82 Å². The van der Waals surface area contributed by atoms with Crippen molar-refractivity contribution < 1.29 is 0 Å². The predicted octanol–water partition coefficient (Wildman–Crippen LogP) is 2.98. The predicted molar refractivity (Wildman–Crippen MR) is 95.0 cm³/mol. The Morgan fingerprint density at radius 3 is 2.91 bits per heavy atom. The molecule has 122 valence electrons. The Morgan fingerprint density at radius 2 is 2.05 bits per heavy atom. The summed E-state index contributed by atoms with van der Waals surface area (Å²) in [6.45, 7) is 4.57. The highest BCUT2D eigenvalue weighted by Crippen LogP contribution is 2.25. The molecule has 1 aromatic carbocycles. The smallest absolute Gasteiger partial charge is 0.121 e. The van der Waals surface area contributed by atoms with Gasteiger partial charge in [0.2, 0.25) is 0 Å². The zero-order valence-electron chi connectivity index (χ0n) is 12.6. The van der Waals surface area contributed by atoms with E-state index < -0.39 is 0 Å². The average molecular weight is 343 g/mol. The Bertz CT molecular complexity index is 568. The molecule has 2 aliphatic heterocycles. The van der Waals surface area contributed by atoms with E-state index in [2.05, 4.69) is 33.4 Å². The SMILES string of the molecule is Cl.Cl.c1ccc2[nH]c(CN3CC[C@@H]4NCCC[C@@H]4C3)nc2c1. The Kier molecular flexibility index (Phi) is 6.09. The summed E-state index contributed by atoms with van der Waals surface area (Å²) in [5, 5.41) is 3.68. The van der Waals surface area contributed by atoms with Crippen LogP contribution in [0.2, 0.25) is 0 Å². The van der Waals surface area contributed by atoms with E-state index in [9.17, 15) is 0 Å². The standard InChI is InChI=1S/C16H22N4.2ClH/c1-2-6-15-14(5-1)18-16(19-15)11-20-9-7-13-12(10-20)4-3-8-17-13;;/h1-2,5-6,12-13,17H,3-4,7-11H2,(H,18,19);2*1H/t12-,13+;;/m1../s1. The highest BCUT2D eigenvalue weighted by molar-refractivity contribution is 5.85. The highest BCUT2D eigenvalue weighted by Gasteiger charge is 2.30. The van der Waals surface area contributed by atoms with Crippen molar-refractivity contribution in [1.29, 1.82) is 0 Å². The van der Waals surface area contributed by atoms with E-state index in [0.717, 1.165) is 35.4 Å². The molecule has 0 saturated carbocycles. The highest BCUT2D eigenvalue weighted by atomic mass is 35.5. The van der Waals surface area contributed by atoms with E-state index in [1.54, 1.807) is 0 Å². The molecule has 2 saturated heterocycles. The minimum atomic E-state index is 0. The van der Waals surface area contributed by atoms with Crippen molar-refractivity contribution in [3.05, 3.63) is 30.1 Å². The number of rotatable bonds is 2. The molecule has 2 N–H and O–H groups in total. The minimum Gasteiger partial charge on any atom is -0.341 e. The summed E-state index contributed by atoms with van der Waals surface area (Å²) >= 11 is 0. The maximum Gasteiger partial charge on any atom is 0.121 e. The van der Waals surface area contributed by atoms with Crippen molar-refractivity contribution in [2.45, 2.75) is 31.8 Å². The molecule has 0 aliphatic carbocycles. The summed E-state index contributed by atoms with van der Waals surface area (Å²) in [7, 11) is 0. The van der Waals surface area contributed by atoms with Crippen molar-refractivity contribution in [1.82, 2.24) is 20.2 Å². The molecule has 2 fully saturated rings. The number of aromatic amines is 1. The maximum atomic E-state index is 4.70. The van der Waals surface area contributed by atoms with Gasteiger partial charge >= 0.3 is 0 Å². The number of imidazole rings is 1. The number of likely N-dealkylation sites (tertiary alicyclic amines) is 1. The molecular formula is C16H24Cl2N4. The first-order valence-electron chi connectivity index (χ1n) is 7.78. The van der Waals surface area contributed by atoms with Crippen molar-refractivity contribution in [2.75, 3.05) is 19.6 Å². The lowest BCUT2D eigenvalue weighted by Crippen LogP contribution is -2.51. The van der Waals surface area contributed by atoms with Gasteiger partial charge in [-0.1, -0.05) is 12.1 Å². The fourth-order valence-electron chi connectivity index (χ4n) is 3.76. The Balaban J connectivity index is 0.000000882. The third kappa shape index (κ3) is 3.57. The Labute approximate surface area is 143 Å². The first-order chi connectivity index (χ1) is 9.88. The van der Waals surface area contributed by atoms with Crippen LogP contribution in [0.5, 0.6) is 0 Å². The van der Waals surface area contributed by atoms with Gasteiger partial charge in [-0.15, -0.1) is 24.8 Å². The van der Waals surface area contributed by atoms with Crippen LogP contribution in [-0.4, -0.2) is 40.5 Å². The average Bonchev–Trinajstić information content (AvgIpc) is 2.89. The zero-order chi connectivity index (χ0) is 13.4. The minimum absolute atomic E-state index is 0. The molecule has 2 atom stereocenters. The van der Waals surface area contributed by atoms with E-state index in [1.165, 1.54) is 38.9 Å². The van der Waals surface area contributed by atoms with Crippen LogP contribution in [0.3, 0.4) is 0 Å². The van der Waals surface area contributed by atoms with Crippen LogP contribution in [0.4, 0.5) is 0 Å². The van der Waals surface area contributed by atoms with E-state index in [1.807, 2.05) is 6.07 Å². The lowest BCUT2D eigenvalue weighted by Gasteiger charge is -2.41. The molecular weight excluding hydrogens is 319 g/mol. The molecule has 22 heavy (non-hydrogen) atoms. The molecule has 0 unspecified atom stereocenters. The summed E-state index contributed by atoms with van der Waals surface area (Å²) in [5.74, 6) is 1.94. The van der Waals surface area contributed by atoms with Crippen LogP contribution in [0.1, 0.15) is 25.1 Å². The van der Waals surface area contributed by atoms with Gasteiger partial charge < -0.3 is 10.3 Å². The van der Waals surface area contributed by atoms with E-state index in [0.29, 0.717) is 0 Å². The second-order valence-electron chi connectivity index (χ2n) is 6.19. The van der Waals surface area contributed by atoms with E-state index >= 15 is 0 Å². The van der Waals surface area contributed by atoms with Gasteiger partial charge in [0.05, 0.1) is 17.6 Å². The summed E-state index contributed by atoms with van der Waals surface area (Å²) in [4.78, 5) is 10.7. The lowest BCUT2D eigenvalue weighted by atomic mass is 9.85. The Hall–Kier alpha value is -0.810. The third-order valence-electron chi connectivity index (χ3n) is 4.79. The number of hydrogen-bond donors (Lipinski definition) is 2. The summed E-state index contributed by atoms with van der Waals surface area (Å²) in [6.07, 6.45) is 4.00. The summed E-state index contributed by atoms with van der Waals surface area (Å²) in [6, 6.07) is 9.04. The lowest BCUT2D eigenvalue weighted by molar-refractivity contribution is 0.107. The number of nitrogens with one attached hydrogen (secondary N) is 2. The normalized spacial score (nSPS) is 25.1. The zero-order valence-corrected chi connectivity index (χ0v) is 14.3. The fourth-order valence-corrected chi connectivity index (χ4v) is 3.76. The second-order valence-corrected chi connectivity index (χ2v) is 6.19. The number of nitrogens with zero attached hydrogens (tertiary/aromatic N) is 2. The molecule has 1 aromatic heterocycles. The van der Waals surface area contributed by atoms with Gasteiger partial charge in [0.15, 0.2) is 0 Å². The number of piperidine rings is 2. The molecule has 0 bridgehead atoms. The molecule has 4 nitrogen and oxygen atoms in total. The third-order valence-corrected chi connectivity index (χ3v) is 4.79.